The molecule has 0 aliphatic carbocycles. The molecule has 2 nitrogen and oxygen atoms in total. The standard InChI is InChI=1S/C23H24N2/c1-23(2,3)17-14-15-21-22(16-17)24(4)19-12-8-9-13-20(19)25(21)18-10-6-5-7-11-18/h5-16H,1-4H3. The molecule has 3 aromatic carbocycles. The van der Waals surface area contributed by atoms with Crippen molar-refractivity contribution in [3.8, 4) is 0 Å². The summed E-state index contributed by atoms with van der Waals surface area (Å²) in [5.41, 5.74) is 7.58. The van der Waals surface area contributed by atoms with Gasteiger partial charge < -0.3 is 9.80 Å². The Morgan fingerprint density at radius 2 is 1.24 bits per heavy atom. The molecule has 0 saturated heterocycles. The molecule has 1 aliphatic heterocycles. The fraction of sp³-hybridized carbons (Fsp3) is 0.217. The minimum absolute atomic E-state index is 0.129. The van der Waals surface area contributed by atoms with Crippen LogP contribution in [0.15, 0.2) is 72.8 Å². The van der Waals surface area contributed by atoms with Gasteiger partial charge in [0.15, 0.2) is 0 Å². The lowest BCUT2D eigenvalue weighted by Gasteiger charge is -2.39. The van der Waals surface area contributed by atoms with Gasteiger partial charge in [-0.3, -0.25) is 0 Å². The first-order valence-corrected chi connectivity index (χ1v) is 8.79. The molecular formula is C23H24N2. The minimum Gasteiger partial charge on any atom is -0.341 e. The largest absolute Gasteiger partial charge is 0.341 e. The molecule has 0 radical (unpaired) electrons. The molecule has 0 fully saturated rings. The summed E-state index contributed by atoms with van der Waals surface area (Å²) in [7, 11) is 2.16. The van der Waals surface area contributed by atoms with E-state index in [1.54, 1.807) is 0 Å². The van der Waals surface area contributed by atoms with Crippen LogP contribution in [0, 0.1) is 0 Å². The average molecular weight is 328 g/mol. The van der Waals surface area contributed by atoms with E-state index < -0.39 is 0 Å². The first-order chi connectivity index (χ1) is 12.0. The van der Waals surface area contributed by atoms with E-state index in [0.717, 1.165) is 0 Å². The van der Waals surface area contributed by atoms with Crippen molar-refractivity contribution in [3.63, 3.8) is 0 Å². The molecule has 25 heavy (non-hydrogen) atoms. The molecule has 1 aliphatic rings. The number of hydrogen-bond donors (Lipinski definition) is 0. The maximum atomic E-state index is 2.36. The third-order valence-corrected chi connectivity index (χ3v) is 4.94. The summed E-state index contributed by atoms with van der Waals surface area (Å²) < 4.78 is 0. The molecule has 1 heterocycles. The van der Waals surface area contributed by atoms with Crippen molar-refractivity contribution in [2.45, 2.75) is 26.2 Å². The summed E-state index contributed by atoms with van der Waals surface area (Å²) in [5, 5.41) is 0. The first-order valence-electron chi connectivity index (χ1n) is 8.79. The monoisotopic (exact) mass is 328 g/mol. The lowest BCUT2D eigenvalue weighted by molar-refractivity contribution is 0.590. The van der Waals surface area contributed by atoms with Gasteiger partial charge in [-0.2, -0.15) is 0 Å². The Morgan fingerprint density at radius 3 is 1.92 bits per heavy atom. The van der Waals surface area contributed by atoms with Gasteiger partial charge in [-0.15, -0.1) is 0 Å². The van der Waals surface area contributed by atoms with Crippen LogP contribution in [0.1, 0.15) is 26.3 Å². The zero-order valence-electron chi connectivity index (χ0n) is 15.3. The second-order valence-corrected chi connectivity index (χ2v) is 7.67. The van der Waals surface area contributed by atoms with Crippen LogP contribution < -0.4 is 9.80 Å². The zero-order valence-corrected chi connectivity index (χ0v) is 15.3. The zero-order chi connectivity index (χ0) is 17.6. The maximum absolute atomic E-state index is 2.36. The highest BCUT2D eigenvalue weighted by Crippen LogP contribution is 2.51. The third kappa shape index (κ3) is 2.58. The lowest BCUT2D eigenvalue weighted by atomic mass is 9.86. The third-order valence-electron chi connectivity index (χ3n) is 4.94. The predicted molar refractivity (Wildman–Crippen MR) is 108 cm³/mol. The van der Waals surface area contributed by atoms with E-state index in [-0.39, 0.29) is 5.41 Å². The van der Waals surface area contributed by atoms with Crippen LogP contribution in [-0.4, -0.2) is 7.05 Å². The Balaban J connectivity index is 1.97. The number of hydrogen-bond acceptors (Lipinski definition) is 2. The Hall–Kier alpha value is -2.74. The molecule has 3 aromatic rings. The van der Waals surface area contributed by atoms with E-state index >= 15 is 0 Å². The number of para-hydroxylation sites is 3. The molecule has 0 aromatic heterocycles. The molecule has 2 heteroatoms. The van der Waals surface area contributed by atoms with Gasteiger partial charge in [-0.1, -0.05) is 57.2 Å². The smallest absolute Gasteiger partial charge is 0.0699 e. The van der Waals surface area contributed by atoms with Gasteiger partial charge in [0.05, 0.1) is 22.7 Å². The number of nitrogens with zero attached hydrogens (tertiary/aromatic N) is 2. The van der Waals surface area contributed by atoms with Crippen LogP contribution in [0.3, 0.4) is 0 Å². The van der Waals surface area contributed by atoms with Gasteiger partial charge in [0, 0.05) is 12.7 Å². The van der Waals surface area contributed by atoms with Crippen LogP contribution in [0.5, 0.6) is 0 Å². The van der Waals surface area contributed by atoms with Crippen LogP contribution in [0.25, 0.3) is 0 Å². The fourth-order valence-electron chi connectivity index (χ4n) is 3.50. The number of rotatable bonds is 1. The average Bonchev–Trinajstić information content (AvgIpc) is 2.62. The van der Waals surface area contributed by atoms with E-state index in [4.69, 9.17) is 0 Å². The van der Waals surface area contributed by atoms with Crippen molar-refractivity contribution >= 4 is 28.4 Å². The molecule has 0 spiro atoms. The highest BCUT2D eigenvalue weighted by Gasteiger charge is 2.28. The fourth-order valence-corrected chi connectivity index (χ4v) is 3.50. The maximum Gasteiger partial charge on any atom is 0.0699 e. The van der Waals surface area contributed by atoms with Crippen LogP contribution in [0.4, 0.5) is 28.4 Å². The minimum atomic E-state index is 0.129. The van der Waals surface area contributed by atoms with Gasteiger partial charge in [0.25, 0.3) is 0 Å². The second-order valence-electron chi connectivity index (χ2n) is 7.67. The highest BCUT2D eigenvalue weighted by atomic mass is 15.3. The first kappa shape index (κ1) is 15.8. The summed E-state index contributed by atoms with van der Waals surface area (Å²) in [6.07, 6.45) is 0. The predicted octanol–water partition coefficient (Wildman–Crippen LogP) is 6.54. The molecule has 0 amide bonds. The van der Waals surface area contributed by atoms with E-state index in [0.29, 0.717) is 0 Å². The van der Waals surface area contributed by atoms with E-state index in [2.05, 4.69) is 110 Å². The number of benzene rings is 3. The quantitative estimate of drug-likeness (QED) is 0.500. The molecule has 0 N–H and O–H groups in total. The van der Waals surface area contributed by atoms with E-state index in [1.165, 1.54) is 34.0 Å². The summed E-state index contributed by atoms with van der Waals surface area (Å²) in [5.74, 6) is 0. The number of fused-ring (bicyclic) bond motifs is 2. The molecule has 0 saturated carbocycles. The Bertz CT molecular complexity index is 907. The van der Waals surface area contributed by atoms with Crippen LogP contribution in [0.2, 0.25) is 0 Å². The summed E-state index contributed by atoms with van der Waals surface area (Å²) in [6.45, 7) is 6.79. The summed E-state index contributed by atoms with van der Waals surface area (Å²) >= 11 is 0. The van der Waals surface area contributed by atoms with Crippen molar-refractivity contribution < 1.29 is 0 Å². The van der Waals surface area contributed by atoms with Crippen molar-refractivity contribution in [1.29, 1.82) is 0 Å². The Kier molecular flexibility index (Phi) is 3.57. The molecular weight excluding hydrogens is 304 g/mol. The van der Waals surface area contributed by atoms with Gasteiger partial charge in [-0.25, -0.2) is 0 Å². The summed E-state index contributed by atoms with van der Waals surface area (Å²) in [4.78, 5) is 4.66. The van der Waals surface area contributed by atoms with Crippen molar-refractivity contribution in [3.05, 3.63) is 78.4 Å². The normalized spacial score (nSPS) is 13.4. The van der Waals surface area contributed by atoms with E-state index in [1.807, 2.05) is 0 Å². The molecule has 0 atom stereocenters. The Labute approximate surface area is 150 Å². The van der Waals surface area contributed by atoms with Crippen molar-refractivity contribution in [2.24, 2.45) is 0 Å². The van der Waals surface area contributed by atoms with Crippen LogP contribution >= 0.6 is 0 Å². The SMILES string of the molecule is CN1c2ccccc2N(c2ccccc2)c2ccc(C(C)(C)C)cc21. The Morgan fingerprint density at radius 1 is 0.640 bits per heavy atom. The molecule has 0 unspecified atom stereocenters. The summed E-state index contributed by atoms with van der Waals surface area (Å²) in [6, 6.07) is 26.1. The highest BCUT2D eigenvalue weighted by molar-refractivity contribution is 5.97. The topological polar surface area (TPSA) is 6.48 Å². The molecule has 126 valence electrons. The van der Waals surface area contributed by atoms with Crippen molar-refractivity contribution in [1.82, 2.24) is 0 Å². The van der Waals surface area contributed by atoms with Crippen LogP contribution in [-0.2, 0) is 5.41 Å². The van der Waals surface area contributed by atoms with Gasteiger partial charge in [-0.05, 0) is 47.4 Å². The second kappa shape index (κ2) is 5.66. The van der Waals surface area contributed by atoms with Gasteiger partial charge in [0.2, 0.25) is 0 Å². The van der Waals surface area contributed by atoms with Gasteiger partial charge in [0.1, 0.15) is 0 Å². The van der Waals surface area contributed by atoms with E-state index in [9.17, 15) is 0 Å². The number of anilines is 5. The van der Waals surface area contributed by atoms with Gasteiger partial charge >= 0.3 is 0 Å². The molecule has 4 rings (SSSR count). The lowest BCUT2D eigenvalue weighted by Crippen LogP contribution is -2.25. The molecule has 0 bridgehead atoms. The van der Waals surface area contributed by atoms with Crippen molar-refractivity contribution in [2.75, 3.05) is 16.8 Å².